The molecule has 5 atom stereocenters. The average molecular weight is 575 g/mol. The molecular weight excluding hydrogens is 555 g/mol. The summed E-state index contributed by atoms with van der Waals surface area (Å²) in [4.78, 5) is 44.7. The zero-order valence-corrected chi connectivity index (χ0v) is 19.0. The summed E-state index contributed by atoms with van der Waals surface area (Å²) in [6, 6.07) is 0. The van der Waals surface area contributed by atoms with E-state index >= 15 is 0 Å². The molecule has 0 saturated carbocycles. The Kier molecular flexibility index (Phi) is 10.7. The molecule has 0 aliphatic carbocycles. The summed E-state index contributed by atoms with van der Waals surface area (Å²) in [7, 11) is 0. The van der Waals surface area contributed by atoms with Crippen LogP contribution in [-0.2, 0) is 42.9 Å². The quantitative estimate of drug-likeness (QED) is 0.324. The average Bonchev–Trinajstić information content (AvgIpc) is 2.42. The van der Waals surface area contributed by atoms with Crippen LogP contribution in [0.5, 0.6) is 0 Å². The van der Waals surface area contributed by atoms with Crippen LogP contribution in [-0.4, -0.2) is 66.3 Å². The number of aliphatic hydroxyl groups is 1. The Balaban J connectivity index is 0.00000576. The number of carbonyl (C=O) groups is 4. The van der Waals surface area contributed by atoms with Gasteiger partial charge in [0.05, 0.1) is 0 Å². The van der Waals surface area contributed by atoms with E-state index in [1.54, 1.807) is 0 Å². The molecule has 139 valence electrons. The maximum absolute atomic E-state index is 11.3. The molecule has 1 N–H and O–H groups in total. The molecule has 1 radical (unpaired) electrons. The first-order chi connectivity index (χ1) is 11.1. The summed E-state index contributed by atoms with van der Waals surface area (Å²) in [6.45, 7) is 4.09. The van der Waals surface area contributed by atoms with Gasteiger partial charge in [-0.1, -0.05) is 0 Å². The molecule has 1 aliphatic rings. The first-order valence-electron chi connectivity index (χ1n) is 7.10. The summed E-state index contributed by atoms with van der Waals surface area (Å²) in [6.07, 6.45) is -6.83. The zero-order chi connectivity index (χ0) is 18.4. The molecule has 25 heavy (non-hydrogen) atoms. The molecule has 10 nitrogen and oxygen atoms in total. The fourth-order valence-electron chi connectivity index (χ4n) is 2.15. The van der Waals surface area contributed by atoms with Crippen LogP contribution >= 0.6 is 0 Å². The molecule has 0 aromatic carbocycles. The van der Waals surface area contributed by atoms with Crippen molar-refractivity contribution in [2.75, 3.05) is 6.61 Å². The second-order valence-corrected chi connectivity index (χ2v) is 5.09. The van der Waals surface area contributed by atoms with E-state index in [2.05, 4.69) is 0 Å². The van der Waals surface area contributed by atoms with E-state index in [0.717, 1.165) is 27.7 Å². The first-order valence-corrected chi connectivity index (χ1v) is 7.10. The molecule has 1 rings (SSSR count). The monoisotopic (exact) mass is 575 g/mol. The van der Waals surface area contributed by atoms with Crippen molar-refractivity contribution in [3.63, 3.8) is 0 Å². The molecule has 0 aromatic rings. The van der Waals surface area contributed by atoms with Crippen LogP contribution in [0.25, 0.3) is 0 Å². The molecule has 1 saturated heterocycles. The Morgan fingerprint density at radius 3 is 1.76 bits per heavy atom. The topological polar surface area (TPSA) is 135 Å². The smallest absolute Gasteiger partial charge is 0.305 e. The molecule has 1 heterocycles. The van der Waals surface area contributed by atoms with Crippen molar-refractivity contribution >= 4 is 23.9 Å². The number of rotatable bonds is 5. The fourth-order valence-corrected chi connectivity index (χ4v) is 2.15. The van der Waals surface area contributed by atoms with Crippen molar-refractivity contribution in [1.82, 2.24) is 0 Å². The van der Waals surface area contributed by atoms with Crippen molar-refractivity contribution in [3.8, 4) is 0 Å². The van der Waals surface area contributed by atoms with Crippen molar-refractivity contribution in [2.45, 2.75) is 58.4 Å². The van der Waals surface area contributed by atoms with Crippen LogP contribution in [0, 0.1) is 44.1 Å². The summed E-state index contributed by atoms with van der Waals surface area (Å²) >= 11 is 0. The minimum Gasteiger partial charge on any atom is -0.463 e. The van der Waals surface area contributed by atoms with Gasteiger partial charge in [0, 0.05) is 71.8 Å². The van der Waals surface area contributed by atoms with Gasteiger partial charge in [-0.25, -0.2) is 0 Å². The minimum absolute atomic E-state index is 0. The normalized spacial score (nSPS) is 28.1. The number of hydrogen-bond acceptors (Lipinski definition) is 10. The summed E-state index contributed by atoms with van der Waals surface area (Å²) < 4.78 is 25.0. The third-order valence-corrected chi connectivity index (χ3v) is 2.95. The van der Waals surface area contributed by atoms with Crippen LogP contribution < -0.4 is 0 Å². The van der Waals surface area contributed by atoms with Gasteiger partial charge in [0.2, 0.25) is 6.29 Å². The van der Waals surface area contributed by atoms with E-state index in [1.807, 2.05) is 0 Å². The standard InChI is InChI=1S/C14H20O10.Ac/c1-6(15)20-5-10-12(21-7(2)16)13(22-8(3)17)11(19)14(24-10)23-9(4)18;/h10-14,19H,5H2,1-4H3;/t10?,11?,12-,13+,14-;/m1./s1. The van der Waals surface area contributed by atoms with Gasteiger partial charge < -0.3 is 28.8 Å². The number of esters is 4. The van der Waals surface area contributed by atoms with E-state index in [1.165, 1.54) is 0 Å². The number of carbonyl (C=O) groups excluding carboxylic acids is 4. The Morgan fingerprint density at radius 1 is 0.840 bits per heavy atom. The molecule has 0 aromatic heterocycles. The SMILES string of the molecule is CC(=O)OCC1O[C@@H](OC(C)=O)C(O)[C@H](OC(C)=O)[C@@H]1OC(C)=O.[Ac]. The Bertz CT molecular complexity index is 492. The maximum atomic E-state index is 11.3. The molecular formula is C14H20AcO10. The molecule has 1 aliphatic heterocycles. The number of aliphatic hydroxyl groups excluding tert-OH is 1. The van der Waals surface area contributed by atoms with Crippen LogP contribution in [0.15, 0.2) is 0 Å². The van der Waals surface area contributed by atoms with Crippen molar-refractivity contribution in [3.05, 3.63) is 0 Å². The molecule has 1 fully saturated rings. The first kappa shape index (κ1) is 24.2. The summed E-state index contributed by atoms with van der Waals surface area (Å²) in [5.74, 6) is -2.87. The van der Waals surface area contributed by atoms with Gasteiger partial charge in [-0.15, -0.1) is 0 Å². The predicted molar refractivity (Wildman–Crippen MR) is 74.2 cm³/mol. The van der Waals surface area contributed by atoms with E-state index in [4.69, 9.17) is 23.7 Å². The Labute approximate surface area is 180 Å². The van der Waals surface area contributed by atoms with E-state index < -0.39 is 54.6 Å². The van der Waals surface area contributed by atoms with Gasteiger partial charge in [0.15, 0.2) is 18.3 Å². The predicted octanol–water partition coefficient (Wildman–Crippen LogP) is -0.938. The van der Waals surface area contributed by atoms with Crippen LogP contribution in [0.2, 0.25) is 0 Å². The van der Waals surface area contributed by atoms with Crippen LogP contribution in [0.3, 0.4) is 0 Å². The summed E-state index contributed by atoms with van der Waals surface area (Å²) in [5.41, 5.74) is 0. The molecule has 11 heteroatoms. The van der Waals surface area contributed by atoms with E-state index in [-0.39, 0.29) is 50.7 Å². The van der Waals surface area contributed by atoms with Crippen molar-refractivity contribution in [1.29, 1.82) is 0 Å². The van der Waals surface area contributed by atoms with Crippen molar-refractivity contribution in [2.24, 2.45) is 0 Å². The fraction of sp³-hybridized carbons (Fsp3) is 0.714. The zero-order valence-electron chi connectivity index (χ0n) is 14.3. The largest absolute Gasteiger partial charge is 0.463 e. The Morgan fingerprint density at radius 2 is 1.32 bits per heavy atom. The summed E-state index contributed by atoms with van der Waals surface area (Å²) in [5, 5.41) is 10.2. The van der Waals surface area contributed by atoms with E-state index in [0.29, 0.717) is 0 Å². The van der Waals surface area contributed by atoms with Gasteiger partial charge >= 0.3 is 23.9 Å². The van der Waals surface area contributed by atoms with Gasteiger partial charge in [-0.3, -0.25) is 19.2 Å². The van der Waals surface area contributed by atoms with E-state index in [9.17, 15) is 24.3 Å². The van der Waals surface area contributed by atoms with Crippen molar-refractivity contribution < 1.29 is 92.0 Å². The second-order valence-electron chi connectivity index (χ2n) is 5.09. The second kappa shape index (κ2) is 11.1. The Hall–Kier alpha value is -0.758. The van der Waals surface area contributed by atoms with Gasteiger partial charge in [0.25, 0.3) is 0 Å². The number of ether oxygens (including phenoxy) is 5. The molecule has 0 amide bonds. The molecule has 0 spiro atoms. The molecule has 2 unspecified atom stereocenters. The third-order valence-electron chi connectivity index (χ3n) is 2.95. The van der Waals surface area contributed by atoms with Crippen LogP contribution in [0.1, 0.15) is 27.7 Å². The third kappa shape index (κ3) is 7.98. The van der Waals surface area contributed by atoms with Gasteiger partial charge in [0.1, 0.15) is 12.7 Å². The van der Waals surface area contributed by atoms with Gasteiger partial charge in [-0.05, 0) is 0 Å². The molecule has 0 bridgehead atoms. The maximum Gasteiger partial charge on any atom is 0.305 e. The number of hydrogen-bond donors (Lipinski definition) is 1. The minimum atomic E-state index is -1.60. The van der Waals surface area contributed by atoms with Crippen LogP contribution in [0.4, 0.5) is 0 Å². The van der Waals surface area contributed by atoms with Gasteiger partial charge in [-0.2, -0.15) is 0 Å².